The third kappa shape index (κ3) is 5.35. The molecule has 11 heteroatoms. The van der Waals surface area contributed by atoms with Gasteiger partial charge in [-0.2, -0.15) is 0 Å². The number of carbonyl (C=O) groups is 1. The van der Waals surface area contributed by atoms with Gasteiger partial charge in [0.15, 0.2) is 5.16 Å². The van der Waals surface area contributed by atoms with E-state index in [2.05, 4.69) is 17.2 Å². The van der Waals surface area contributed by atoms with Crippen molar-refractivity contribution in [3.8, 4) is 0 Å². The summed E-state index contributed by atoms with van der Waals surface area (Å²) in [5, 5.41) is 8.96. The highest BCUT2D eigenvalue weighted by atomic mass is 32.2. The summed E-state index contributed by atoms with van der Waals surface area (Å²) < 4.78 is 24.3. The Morgan fingerprint density at radius 2 is 1.94 bits per heavy atom. The molecule has 0 radical (unpaired) electrons. The first-order chi connectivity index (χ1) is 14.6. The van der Waals surface area contributed by atoms with Crippen molar-refractivity contribution in [3.05, 3.63) is 45.1 Å². The Balaban J connectivity index is 1.79. The molecule has 1 aromatic carbocycles. The highest BCUT2D eigenvalue weighted by molar-refractivity contribution is 7.99. The van der Waals surface area contributed by atoms with Gasteiger partial charge < -0.3 is 5.32 Å². The number of benzene rings is 1. The molecule has 166 valence electrons. The number of hydrogen-bond acceptors (Lipinski definition) is 7. The number of amides is 1. The second kappa shape index (κ2) is 9.51. The Kier molecular flexibility index (Phi) is 7.20. The number of nitrogens with two attached hydrogens (primary N) is 1. The molecular formula is C20H24N4O4S3. The number of hydrogen-bond donors (Lipinski definition) is 2. The quantitative estimate of drug-likeness (QED) is 0.377. The van der Waals surface area contributed by atoms with Crippen LogP contribution < -0.4 is 16.0 Å². The molecular weight excluding hydrogens is 456 g/mol. The summed E-state index contributed by atoms with van der Waals surface area (Å²) in [6.45, 7) is 6.51. The van der Waals surface area contributed by atoms with Crippen LogP contribution in [0.1, 0.15) is 30.2 Å². The number of thiophene rings is 1. The lowest BCUT2D eigenvalue weighted by molar-refractivity contribution is -0.113. The Morgan fingerprint density at radius 1 is 1.26 bits per heavy atom. The lowest BCUT2D eigenvalue weighted by Crippen LogP contribution is -2.24. The van der Waals surface area contributed by atoms with Crippen LogP contribution in [0, 0.1) is 13.8 Å². The third-order valence-corrected chi connectivity index (χ3v) is 7.79. The zero-order chi connectivity index (χ0) is 22.8. The largest absolute Gasteiger partial charge is 0.325 e. The van der Waals surface area contributed by atoms with Crippen molar-refractivity contribution in [1.29, 1.82) is 0 Å². The van der Waals surface area contributed by atoms with Crippen molar-refractivity contribution in [3.63, 3.8) is 0 Å². The average molecular weight is 481 g/mol. The summed E-state index contributed by atoms with van der Waals surface area (Å²) in [6, 6.07) is 5.61. The zero-order valence-corrected chi connectivity index (χ0v) is 19.9. The predicted octanol–water partition coefficient (Wildman–Crippen LogP) is 3.25. The lowest BCUT2D eigenvalue weighted by Gasteiger charge is -2.12. The van der Waals surface area contributed by atoms with Crippen LogP contribution in [0.15, 0.2) is 39.1 Å². The third-order valence-electron chi connectivity index (χ3n) is 4.79. The standard InChI is InChI=1S/C20H24N4O4S3/c1-4-5-10-24-19(26)17-12(2)13(3)30-18(17)23-20(24)29-11-16(25)22-14-6-8-15(9-7-14)31(21,27)28/h6-9H,4-5,10-11H2,1-3H3,(H,22,25)(H2,21,27,28). The first-order valence-electron chi connectivity index (χ1n) is 9.68. The van der Waals surface area contributed by atoms with Crippen molar-refractivity contribution in [2.75, 3.05) is 11.1 Å². The maximum Gasteiger partial charge on any atom is 0.263 e. The van der Waals surface area contributed by atoms with Gasteiger partial charge in [-0.15, -0.1) is 11.3 Å². The fourth-order valence-electron chi connectivity index (χ4n) is 2.99. The molecule has 2 heterocycles. The number of primary sulfonamides is 1. The van der Waals surface area contributed by atoms with Crippen LogP contribution in [0.4, 0.5) is 5.69 Å². The molecule has 0 spiro atoms. The van der Waals surface area contributed by atoms with E-state index in [1.807, 2.05) is 13.8 Å². The van der Waals surface area contributed by atoms with Crippen LogP contribution >= 0.6 is 23.1 Å². The topological polar surface area (TPSA) is 124 Å². The number of thioether (sulfide) groups is 1. The van der Waals surface area contributed by atoms with Crippen molar-refractivity contribution in [1.82, 2.24) is 9.55 Å². The van der Waals surface area contributed by atoms with E-state index in [0.717, 1.165) is 23.3 Å². The van der Waals surface area contributed by atoms with E-state index < -0.39 is 10.0 Å². The number of unbranched alkanes of at least 4 members (excludes halogenated alkanes) is 1. The Bertz CT molecular complexity index is 1280. The van der Waals surface area contributed by atoms with Gasteiger partial charge in [0.05, 0.1) is 16.0 Å². The number of aromatic nitrogens is 2. The number of nitrogens with one attached hydrogen (secondary N) is 1. The maximum absolute atomic E-state index is 13.1. The minimum absolute atomic E-state index is 0.0288. The molecule has 3 aromatic rings. The number of anilines is 1. The van der Waals surface area contributed by atoms with Crippen molar-refractivity contribution < 1.29 is 13.2 Å². The molecule has 0 atom stereocenters. The van der Waals surface area contributed by atoms with E-state index in [0.29, 0.717) is 27.6 Å². The van der Waals surface area contributed by atoms with Gasteiger partial charge in [0.25, 0.3) is 5.56 Å². The molecule has 31 heavy (non-hydrogen) atoms. The number of rotatable bonds is 8. The Hall–Kier alpha value is -2.21. The monoisotopic (exact) mass is 480 g/mol. The number of aryl methyl sites for hydroxylation is 2. The smallest absolute Gasteiger partial charge is 0.263 e. The van der Waals surface area contributed by atoms with Crippen LogP contribution in [-0.2, 0) is 21.4 Å². The highest BCUT2D eigenvalue weighted by Gasteiger charge is 2.17. The van der Waals surface area contributed by atoms with E-state index in [4.69, 9.17) is 5.14 Å². The first kappa shape index (κ1) is 23.5. The fourth-order valence-corrected chi connectivity index (χ4v) is 5.40. The number of carbonyl (C=O) groups excluding carboxylic acids is 1. The molecule has 0 bridgehead atoms. The molecule has 0 saturated heterocycles. The van der Waals surface area contributed by atoms with Crippen LogP contribution in [0.3, 0.4) is 0 Å². The van der Waals surface area contributed by atoms with E-state index in [9.17, 15) is 18.0 Å². The van der Waals surface area contributed by atoms with Gasteiger partial charge in [-0.1, -0.05) is 25.1 Å². The van der Waals surface area contributed by atoms with Crippen LogP contribution in [-0.4, -0.2) is 29.6 Å². The van der Waals surface area contributed by atoms with Crippen LogP contribution in [0.5, 0.6) is 0 Å². The Morgan fingerprint density at radius 3 is 2.55 bits per heavy atom. The second-order valence-electron chi connectivity index (χ2n) is 7.07. The maximum atomic E-state index is 13.1. The number of fused-ring (bicyclic) bond motifs is 1. The van der Waals surface area contributed by atoms with Gasteiger partial charge in [-0.25, -0.2) is 18.5 Å². The van der Waals surface area contributed by atoms with Crippen molar-refractivity contribution in [2.24, 2.45) is 5.14 Å². The summed E-state index contributed by atoms with van der Waals surface area (Å²) in [5.41, 5.74) is 1.34. The molecule has 0 aliphatic rings. The predicted molar refractivity (Wildman–Crippen MR) is 125 cm³/mol. The lowest BCUT2D eigenvalue weighted by atomic mass is 10.2. The summed E-state index contributed by atoms with van der Waals surface area (Å²) in [6.07, 6.45) is 1.77. The number of sulfonamides is 1. The van der Waals surface area contributed by atoms with Crippen molar-refractivity contribution >= 4 is 54.9 Å². The van der Waals surface area contributed by atoms with E-state index in [-0.39, 0.29) is 22.1 Å². The molecule has 0 aliphatic carbocycles. The molecule has 3 rings (SSSR count). The van der Waals surface area contributed by atoms with Crippen LogP contribution in [0.25, 0.3) is 10.2 Å². The number of nitrogens with zero attached hydrogens (tertiary/aromatic N) is 2. The molecule has 8 nitrogen and oxygen atoms in total. The van der Waals surface area contributed by atoms with Gasteiger partial charge in [0, 0.05) is 17.1 Å². The summed E-state index contributed by atoms with van der Waals surface area (Å²) >= 11 is 2.69. The van der Waals surface area contributed by atoms with Gasteiger partial charge >= 0.3 is 0 Å². The SMILES string of the molecule is CCCCn1c(SCC(=O)Nc2ccc(S(N)(=O)=O)cc2)nc2sc(C)c(C)c2c1=O. The van der Waals surface area contributed by atoms with E-state index in [1.165, 1.54) is 47.4 Å². The van der Waals surface area contributed by atoms with E-state index >= 15 is 0 Å². The molecule has 0 aliphatic heterocycles. The molecule has 0 unspecified atom stereocenters. The average Bonchev–Trinajstić information content (AvgIpc) is 2.99. The zero-order valence-electron chi connectivity index (χ0n) is 17.5. The van der Waals surface area contributed by atoms with Gasteiger partial charge in [0.1, 0.15) is 4.83 Å². The summed E-state index contributed by atoms with van der Waals surface area (Å²) in [7, 11) is -3.79. The molecule has 0 saturated carbocycles. The summed E-state index contributed by atoms with van der Waals surface area (Å²) in [4.78, 5) is 31.9. The van der Waals surface area contributed by atoms with Gasteiger partial charge in [-0.05, 0) is 50.1 Å². The first-order valence-corrected chi connectivity index (χ1v) is 13.0. The Labute approximate surface area is 188 Å². The summed E-state index contributed by atoms with van der Waals surface area (Å²) in [5.74, 6) is -0.229. The minimum Gasteiger partial charge on any atom is -0.325 e. The van der Waals surface area contributed by atoms with Gasteiger partial charge in [-0.3, -0.25) is 14.2 Å². The van der Waals surface area contributed by atoms with Crippen molar-refractivity contribution in [2.45, 2.75) is 50.2 Å². The molecule has 3 N–H and O–H groups in total. The molecule has 1 amide bonds. The molecule has 0 fully saturated rings. The minimum atomic E-state index is -3.79. The normalized spacial score (nSPS) is 11.7. The van der Waals surface area contributed by atoms with E-state index in [1.54, 1.807) is 4.57 Å². The fraction of sp³-hybridized carbons (Fsp3) is 0.350. The second-order valence-corrected chi connectivity index (χ2v) is 10.8. The highest BCUT2D eigenvalue weighted by Crippen LogP contribution is 2.28. The van der Waals surface area contributed by atoms with Gasteiger partial charge in [0.2, 0.25) is 15.9 Å². The molecule has 2 aromatic heterocycles. The van der Waals surface area contributed by atoms with Crippen LogP contribution in [0.2, 0.25) is 0 Å².